The van der Waals surface area contributed by atoms with Crippen molar-refractivity contribution in [2.75, 3.05) is 10.5 Å². The molecule has 3 nitrogen and oxygen atoms in total. The molecule has 0 atom stereocenters. The molecule has 0 aliphatic heterocycles. The maximum Gasteiger partial charge on any atom is 0.232 e. The molecule has 0 saturated heterocycles. The number of rotatable bonds is 4. The van der Waals surface area contributed by atoms with Gasteiger partial charge in [-0.15, -0.1) is 0 Å². The topological polar surface area (TPSA) is 46.2 Å². The third kappa shape index (κ3) is 3.18. The minimum absolute atomic E-state index is 0.130. The van der Waals surface area contributed by atoms with Crippen molar-refractivity contribution in [2.45, 2.75) is 12.8 Å². The van der Waals surface area contributed by atoms with Gasteiger partial charge in [-0.1, -0.05) is 0 Å². The quantitative estimate of drug-likeness (QED) is 0.929. The highest BCUT2D eigenvalue weighted by atomic mass is 79.9. The summed E-state index contributed by atoms with van der Waals surface area (Å²) in [6.07, 6.45) is 1.94. The van der Waals surface area contributed by atoms with Crippen LogP contribution in [-0.2, 0) is 10.0 Å². The van der Waals surface area contributed by atoms with Crippen LogP contribution in [0.4, 0.5) is 10.1 Å². The van der Waals surface area contributed by atoms with Gasteiger partial charge in [-0.3, -0.25) is 4.72 Å². The van der Waals surface area contributed by atoms with Crippen LogP contribution in [0.2, 0.25) is 0 Å². The Hall–Kier alpha value is -0.620. The van der Waals surface area contributed by atoms with Crippen molar-refractivity contribution in [2.24, 2.45) is 5.92 Å². The molecule has 0 amide bonds. The highest BCUT2D eigenvalue weighted by Gasteiger charge is 2.27. The number of sulfonamides is 1. The summed E-state index contributed by atoms with van der Waals surface area (Å²) in [4.78, 5) is 0. The number of nitrogens with one attached hydrogen (secondary N) is 1. The molecular formula is C10H11BrFNO2S. The van der Waals surface area contributed by atoms with E-state index in [1.165, 1.54) is 12.1 Å². The third-order valence-corrected chi connectivity index (χ3v) is 4.45. The van der Waals surface area contributed by atoms with E-state index in [4.69, 9.17) is 0 Å². The van der Waals surface area contributed by atoms with E-state index in [1.807, 2.05) is 0 Å². The second kappa shape index (κ2) is 4.33. The summed E-state index contributed by atoms with van der Waals surface area (Å²) in [7, 11) is -3.33. The largest absolute Gasteiger partial charge is 0.283 e. The molecule has 0 aromatic heterocycles. The molecule has 1 N–H and O–H groups in total. The van der Waals surface area contributed by atoms with E-state index in [2.05, 4.69) is 20.7 Å². The summed E-state index contributed by atoms with van der Waals surface area (Å²) in [5.74, 6) is -0.0746. The fourth-order valence-electron chi connectivity index (χ4n) is 1.38. The predicted octanol–water partition coefficient (Wildman–Crippen LogP) is 2.74. The lowest BCUT2D eigenvalue weighted by Crippen LogP contribution is -2.17. The Morgan fingerprint density at radius 2 is 2.12 bits per heavy atom. The zero-order chi connectivity index (χ0) is 11.8. The van der Waals surface area contributed by atoms with E-state index >= 15 is 0 Å². The van der Waals surface area contributed by atoms with E-state index in [-0.39, 0.29) is 17.4 Å². The standard InChI is InChI=1S/C10H11BrFNO2S/c11-9-4-3-8(5-10(9)12)13-16(14,15)6-7-1-2-7/h3-5,7,13H,1-2,6H2. The molecule has 0 radical (unpaired) electrons. The Bertz CT molecular complexity index is 500. The first kappa shape index (κ1) is 11.9. The van der Waals surface area contributed by atoms with Gasteiger partial charge in [0, 0.05) is 0 Å². The van der Waals surface area contributed by atoms with Gasteiger partial charge in [-0.25, -0.2) is 12.8 Å². The van der Waals surface area contributed by atoms with Crippen LogP contribution in [0.1, 0.15) is 12.8 Å². The Balaban J connectivity index is 2.10. The average molecular weight is 308 g/mol. The SMILES string of the molecule is O=S(=O)(CC1CC1)Nc1ccc(Br)c(F)c1. The summed E-state index contributed by atoms with van der Waals surface area (Å²) in [6, 6.07) is 4.16. The van der Waals surface area contributed by atoms with E-state index < -0.39 is 15.8 Å². The van der Waals surface area contributed by atoms with Crippen molar-refractivity contribution in [1.29, 1.82) is 0 Å². The molecule has 88 valence electrons. The molecule has 1 aromatic carbocycles. The molecule has 6 heteroatoms. The number of anilines is 1. The monoisotopic (exact) mass is 307 g/mol. The Kier molecular flexibility index (Phi) is 3.21. The molecular weight excluding hydrogens is 297 g/mol. The van der Waals surface area contributed by atoms with Crippen molar-refractivity contribution in [3.05, 3.63) is 28.5 Å². The van der Waals surface area contributed by atoms with Crippen molar-refractivity contribution in [3.63, 3.8) is 0 Å². The van der Waals surface area contributed by atoms with Crippen LogP contribution in [-0.4, -0.2) is 14.2 Å². The third-order valence-electron chi connectivity index (χ3n) is 2.34. The summed E-state index contributed by atoms with van der Waals surface area (Å²) < 4.78 is 39.0. The van der Waals surface area contributed by atoms with Gasteiger partial charge in [0.1, 0.15) is 5.82 Å². The van der Waals surface area contributed by atoms with Gasteiger partial charge < -0.3 is 0 Å². The van der Waals surface area contributed by atoms with Crippen molar-refractivity contribution in [3.8, 4) is 0 Å². The van der Waals surface area contributed by atoms with Gasteiger partial charge in [-0.05, 0) is 52.9 Å². The second-order valence-electron chi connectivity index (χ2n) is 3.96. The van der Waals surface area contributed by atoms with Gasteiger partial charge in [0.25, 0.3) is 0 Å². The molecule has 16 heavy (non-hydrogen) atoms. The molecule has 0 heterocycles. The average Bonchev–Trinajstić information content (AvgIpc) is 2.94. The fraction of sp³-hybridized carbons (Fsp3) is 0.400. The Labute approximate surface area is 102 Å². The molecule has 1 saturated carbocycles. The summed E-state index contributed by atoms with van der Waals surface area (Å²) >= 11 is 3.01. The van der Waals surface area contributed by atoms with Gasteiger partial charge in [0.2, 0.25) is 10.0 Å². The highest BCUT2D eigenvalue weighted by Crippen LogP contribution is 2.30. The predicted molar refractivity (Wildman–Crippen MR) is 64.2 cm³/mol. The molecule has 2 rings (SSSR count). The maximum atomic E-state index is 13.1. The first-order valence-electron chi connectivity index (χ1n) is 4.92. The molecule has 0 bridgehead atoms. The molecule has 1 aromatic rings. The second-order valence-corrected chi connectivity index (χ2v) is 6.58. The first-order chi connectivity index (χ1) is 7.46. The van der Waals surface area contributed by atoms with E-state index in [0.717, 1.165) is 18.9 Å². The van der Waals surface area contributed by atoms with Crippen molar-refractivity contribution in [1.82, 2.24) is 0 Å². The van der Waals surface area contributed by atoms with Crippen LogP contribution >= 0.6 is 15.9 Å². The van der Waals surface area contributed by atoms with Crippen LogP contribution in [0, 0.1) is 11.7 Å². The normalized spacial score (nSPS) is 16.1. The zero-order valence-electron chi connectivity index (χ0n) is 8.41. The van der Waals surface area contributed by atoms with Gasteiger partial charge in [-0.2, -0.15) is 0 Å². The molecule has 1 fully saturated rings. The Morgan fingerprint density at radius 1 is 1.44 bits per heavy atom. The molecule has 0 unspecified atom stereocenters. The van der Waals surface area contributed by atoms with Crippen LogP contribution in [0.5, 0.6) is 0 Å². The first-order valence-corrected chi connectivity index (χ1v) is 7.36. The summed E-state index contributed by atoms with van der Waals surface area (Å²) in [5.41, 5.74) is 0.265. The summed E-state index contributed by atoms with van der Waals surface area (Å²) in [6.45, 7) is 0. The lowest BCUT2D eigenvalue weighted by molar-refractivity contribution is 0.597. The van der Waals surface area contributed by atoms with Gasteiger partial charge in [0.05, 0.1) is 15.9 Å². The molecule has 1 aliphatic carbocycles. The lowest BCUT2D eigenvalue weighted by Gasteiger charge is -2.07. The zero-order valence-corrected chi connectivity index (χ0v) is 10.8. The van der Waals surface area contributed by atoms with Crippen LogP contribution in [0.3, 0.4) is 0 Å². The highest BCUT2D eigenvalue weighted by molar-refractivity contribution is 9.10. The van der Waals surface area contributed by atoms with Gasteiger partial charge in [0.15, 0.2) is 0 Å². The van der Waals surface area contributed by atoms with E-state index in [9.17, 15) is 12.8 Å². The smallest absolute Gasteiger partial charge is 0.232 e. The van der Waals surface area contributed by atoms with Crippen LogP contribution < -0.4 is 4.72 Å². The van der Waals surface area contributed by atoms with E-state index in [1.54, 1.807) is 0 Å². The van der Waals surface area contributed by atoms with Crippen molar-refractivity contribution >= 4 is 31.6 Å². The number of benzene rings is 1. The minimum Gasteiger partial charge on any atom is -0.283 e. The van der Waals surface area contributed by atoms with Crippen LogP contribution in [0.15, 0.2) is 22.7 Å². The maximum absolute atomic E-state index is 13.1. The molecule has 0 spiro atoms. The molecule has 1 aliphatic rings. The number of hydrogen-bond acceptors (Lipinski definition) is 2. The fourth-order valence-corrected chi connectivity index (χ4v) is 3.15. The Morgan fingerprint density at radius 3 is 2.69 bits per heavy atom. The van der Waals surface area contributed by atoms with Crippen molar-refractivity contribution < 1.29 is 12.8 Å². The van der Waals surface area contributed by atoms with E-state index in [0.29, 0.717) is 4.47 Å². The summed E-state index contributed by atoms with van der Waals surface area (Å²) in [5, 5.41) is 0. The minimum atomic E-state index is -3.33. The van der Waals surface area contributed by atoms with Crippen LogP contribution in [0.25, 0.3) is 0 Å². The van der Waals surface area contributed by atoms with Gasteiger partial charge >= 0.3 is 0 Å². The number of halogens is 2. The lowest BCUT2D eigenvalue weighted by atomic mass is 10.3. The number of hydrogen-bond donors (Lipinski definition) is 1.